The molecule has 1 aromatic rings. The van der Waals surface area contributed by atoms with Crippen LogP contribution in [-0.2, 0) is 11.2 Å². The fourth-order valence-corrected chi connectivity index (χ4v) is 2.55. The number of carboxylic acids is 1. The first-order chi connectivity index (χ1) is 8.06. The summed E-state index contributed by atoms with van der Waals surface area (Å²) in [6.45, 7) is 4.22. The molecule has 0 heterocycles. The lowest BCUT2D eigenvalue weighted by Gasteiger charge is -2.13. The van der Waals surface area contributed by atoms with Gasteiger partial charge in [-0.25, -0.2) is 0 Å². The van der Waals surface area contributed by atoms with E-state index < -0.39 is 5.97 Å². The van der Waals surface area contributed by atoms with E-state index in [1.54, 1.807) is 0 Å². The number of anilines is 1. The molecule has 0 spiro atoms. The molecule has 0 fully saturated rings. The van der Waals surface area contributed by atoms with Gasteiger partial charge in [0, 0.05) is 11.7 Å². The van der Waals surface area contributed by atoms with Gasteiger partial charge in [-0.2, -0.15) is 0 Å². The summed E-state index contributed by atoms with van der Waals surface area (Å²) in [4.78, 5) is 10.8. The van der Waals surface area contributed by atoms with Gasteiger partial charge in [-0.15, -0.1) is 0 Å². The van der Waals surface area contributed by atoms with Gasteiger partial charge in [0.2, 0.25) is 0 Å². The molecule has 1 aliphatic rings. The van der Waals surface area contributed by atoms with Crippen molar-refractivity contribution in [1.29, 1.82) is 0 Å². The average Bonchev–Trinajstić information content (AvgIpc) is 2.59. The highest BCUT2D eigenvalue weighted by molar-refractivity contribution is 5.68. The van der Waals surface area contributed by atoms with Crippen molar-refractivity contribution in [1.82, 2.24) is 0 Å². The molecule has 3 nitrogen and oxygen atoms in total. The molecule has 1 aliphatic carbocycles. The standard InChI is InChI=1S/C14H19NO2/c1-9(2)15-12-5-6-13-10(7-12)3-4-11(13)8-14(16)17/h5-7,9,11,15H,3-4,8H2,1-2H3,(H,16,17). The first-order valence-electron chi connectivity index (χ1n) is 6.17. The van der Waals surface area contributed by atoms with Crippen LogP contribution in [0.4, 0.5) is 5.69 Å². The first kappa shape index (κ1) is 12.0. The molecule has 92 valence electrons. The minimum absolute atomic E-state index is 0.204. The summed E-state index contributed by atoms with van der Waals surface area (Å²) in [5.41, 5.74) is 3.67. The Morgan fingerprint density at radius 3 is 2.94 bits per heavy atom. The number of nitrogens with one attached hydrogen (secondary N) is 1. The molecule has 2 N–H and O–H groups in total. The molecule has 17 heavy (non-hydrogen) atoms. The van der Waals surface area contributed by atoms with Crippen LogP contribution in [0.5, 0.6) is 0 Å². The molecule has 0 aromatic heterocycles. The second kappa shape index (κ2) is 4.78. The van der Waals surface area contributed by atoms with Crippen LogP contribution in [0.15, 0.2) is 18.2 Å². The molecule has 1 unspecified atom stereocenters. The quantitative estimate of drug-likeness (QED) is 0.840. The summed E-state index contributed by atoms with van der Waals surface area (Å²) < 4.78 is 0. The number of aryl methyl sites for hydroxylation is 1. The Labute approximate surface area is 102 Å². The number of benzene rings is 1. The fraction of sp³-hybridized carbons (Fsp3) is 0.500. The van der Waals surface area contributed by atoms with Gasteiger partial charge in [-0.05, 0) is 55.9 Å². The minimum Gasteiger partial charge on any atom is -0.481 e. The molecule has 0 saturated carbocycles. The maximum absolute atomic E-state index is 10.8. The van der Waals surface area contributed by atoms with Crippen molar-refractivity contribution in [3.63, 3.8) is 0 Å². The highest BCUT2D eigenvalue weighted by Gasteiger charge is 2.24. The number of carbonyl (C=O) groups is 1. The number of carboxylic acid groups (broad SMARTS) is 1. The summed E-state index contributed by atoms with van der Waals surface area (Å²) in [6, 6.07) is 6.72. The number of hydrogen-bond donors (Lipinski definition) is 2. The van der Waals surface area contributed by atoms with E-state index in [1.165, 1.54) is 11.1 Å². The van der Waals surface area contributed by atoms with Crippen molar-refractivity contribution < 1.29 is 9.90 Å². The van der Waals surface area contributed by atoms with Gasteiger partial charge in [0.15, 0.2) is 0 Å². The van der Waals surface area contributed by atoms with Crippen LogP contribution in [0.2, 0.25) is 0 Å². The Morgan fingerprint density at radius 2 is 2.29 bits per heavy atom. The smallest absolute Gasteiger partial charge is 0.303 e. The molecular formula is C14H19NO2. The Morgan fingerprint density at radius 1 is 1.53 bits per heavy atom. The van der Waals surface area contributed by atoms with Crippen LogP contribution in [0.1, 0.15) is 43.7 Å². The summed E-state index contributed by atoms with van der Waals surface area (Å²) in [6.07, 6.45) is 2.22. The van der Waals surface area contributed by atoms with Crippen LogP contribution in [-0.4, -0.2) is 17.1 Å². The van der Waals surface area contributed by atoms with Gasteiger partial charge in [0.25, 0.3) is 0 Å². The molecule has 0 aliphatic heterocycles. The van der Waals surface area contributed by atoms with E-state index in [-0.39, 0.29) is 12.3 Å². The zero-order valence-corrected chi connectivity index (χ0v) is 10.4. The van der Waals surface area contributed by atoms with Gasteiger partial charge >= 0.3 is 5.97 Å². The largest absolute Gasteiger partial charge is 0.481 e. The van der Waals surface area contributed by atoms with Crippen LogP contribution in [0.25, 0.3) is 0 Å². The molecular weight excluding hydrogens is 214 g/mol. The van der Waals surface area contributed by atoms with Crippen molar-refractivity contribution in [2.24, 2.45) is 0 Å². The topological polar surface area (TPSA) is 49.3 Å². The van der Waals surface area contributed by atoms with Crippen molar-refractivity contribution in [3.8, 4) is 0 Å². The molecule has 1 atom stereocenters. The lowest BCUT2D eigenvalue weighted by molar-refractivity contribution is -0.137. The van der Waals surface area contributed by atoms with Crippen LogP contribution >= 0.6 is 0 Å². The van der Waals surface area contributed by atoms with Crippen molar-refractivity contribution >= 4 is 11.7 Å². The Hall–Kier alpha value is -1.51. The number of aliphatic carboxylic acids is 1. The van der Waals surface area contributed by atoms with Crippen LogP contribution in [0.3, 0.4) is 0 Å². The minimum atomic E-state index is -0.702. The van der Waals surface area contributed by atoms with Gasteiger partial charge in [-0.3, -0.25) is 4.79 Å². The van der Waals surface area contributed by atoms with Gasteiger partial charge < -0.3 is 10.4 Å². The Kier molecular flexibility index (Phi) is 3.36. The highest BCUT2D eigenvalue weighted by Crippen LogP contribution is 2.36. The molecule has 1 aromatic carbocycles. The number of rotatable bonds is 4. The second-order valence-electron chi connectivity index (χ2n) is 5.05. The molecule has 0 saturated heterocycles. The number of fused-ring (bicyclic) bond motifs is 1. The number of hydrogen-bond acceptors (Lipinski definition) is 2. The lowest BCUT2D eigenvalue weighted by atomic mass is 9.98. The zero-order chi connectivity index (χ0) is 12.4. The van der Waals surface area contributed by atoms with E-state index in [2.05, 4.69) is 37.4 Å². The predicted molar refractivity (Wildman–Crippen MR) is 68.5 cm³/mol. The normalized spacial score (nSPS) is 18.2. The first-order valence-corrected chi connectivity index (χ1v) is 6.17. The molecule has 2 rings (SSSR count). The van der Waals surface area contributed by atoms with E-state index in [1.807, 2.05) is 0 Å². The van der Waals surface area contributed by atoms with Gasteiger partial charge in [0.1, 0.15) is 0 Å². The SMILES string of the molecule is CC(C)Nc1ccc2c(c1)CCC2CC(=O)O. The third-order valence-electron chi connectivity index (χ3n) is 3.22. The maximum Gasteiger partial charge on any atom is 0.303 e. The van der Waals surface area contributed by atoms with E-state index in [0.717, 1.165) is 18.5 Å². The van der Waals surface area contributed by atoms with Crippen LogP contribution < -0.4 is 5.32 Å². The second-order valence-corrected chi connectivity index (χ2v) is 5.05. The van der Waals surface area contributed by atoms with Gasteiger partial charge in [0.05, 0.1) is 6.42 Å². The van der Waals surface area contributed by atoms with E-state index in [4.69, 9.17) is 5.11 Å². The fourth-order valence-electron chi connectivity index (χ4n) is 2.55. The Bertz CT molecular complexity index is 426. The predicted octanol–water partition coefficient (Wildman–Crippen LogP) is 3.01. The Balaban J connectivity index is 2.16. The highest BCUT2D eigenvalue weighted by atomic mass is 16.4. The van der Waals surface area contributed by atoms with Crippen molar-refractivity contribution in [3.05, 3.63) is 29.3 Å². The average molecular weight is 233 g/mol. The van der Waals surface area contributed by atoms with E-state index in [0.29, 0.717) is 6.04 Å². The van der Waals surface area contributed by atoms with E-state index >= 15 is 0 Å². The monoisotopic (exact) mass is 233 g/mol. The van der Waals surface area contributed by atoms with Crippen LogP contribution in [0, 0.1) is 0 Å². The summed E-state index contributed by atoms with van der Waals surface area (Å²) in [7, 11) is 0. The maximum atomic E-state index is 10.8. The summed E-state index contributed by atoms with van der Waals surface area (Å²) in [5.74, 6) is -0.497. The summed E-state index contributed by atoms with van der Waals surface area (Å²) in [5, 5.41) is 12.2. The lowest BCUT2D eigenvalue weighted by Crippen LogP contribution is -2.09. The van der Waals surface area contributed by atoms with Crippen molar-refractivity contribution in [2.75, 3.05) is 5.32 Å². The molecule has 3 heteroatoms. The zero-order valence-electron chi connectivity index (χ0n) is 10.4. The summed E-state index contributed by atoms with van der Waals surface area (Å²) >= 11 is 0. The van der Waals surface area contributed by atoms with Gasteiger partial charge in [-0.1, -0.05) is 6.07 Å². The molecule has 0 radical (unpaired) electrons. The van der Waals surface area contributed by atoms with E-state index in [9.17, 15) is 4.79 Å². The third-order valence-corrected chi connectivity index (χ3v) is 3.22. The third kappa shape index (κ3) is 2.78. The van der Waals surface area contributed by atoms with Crippen molar-refractivity contribution in [2.45, 2.75) is 45.1 Å². The molecule has 0 amide bonds. The molecule has 0 bridgehead atoms.